The summed E-state index contributed by atoms with van der Waals surface area (Å²) in [6, 6.07) is 7.24. The summed E-state index contributed by atoms with van der Waals surface area (Å²) < 4.78 is 2.26. The summed E-state index contributed by atoms with van der Waals surface area (Å²) in [5, 5.41) is 3.35. The van der Waals surface area contributed by atoms with Crippen LogP contribution in [0.15, 0.2) is 27.1 Å². The summed E-state index contributed by atoms with van der Waals surface area (Å²) in [6.45, 7) is 6.75. The van der Waals surface area contributed by atoms with Crippen molar-refractivity contribution < 1.29 is 0 Å². The van der Waals surface area contributed by atoms with Gasteiger partial charge in [0.15, 0.2) is 0 Å². The van der Waals surface area contributed by atoms with Crippen LogP contribution in [0.25, 0.3) is 0 Å². The SMILES string of the molecule is CCCN(Cc1ccc(Br)c(Br)c1)C1CNC1. The van der Waals surface area contributed by atoms with E-state index in [9.17, 15) is 0 Å². The van der Waals surface area contributed by atoms with Crippen LogP contribution < -0.4 is 5.32 Å². The van der Waals surface area contributed by atoms with E-state index >= 15 is 0 Å². The fourth-order valence-electron chi connectivity index (χ4n) is 2.08. The lowest BCUT2D eigenvalue weighted by molar-refractivity contribution is 0.138. The van der Waals surface area contributed by atoms with Gasteiger partial charge in [-0.25, -0.2) is 0 Å². The molecule has 0 saturated carbocycles. The number of hydrogen-bond acceptors (Lipinski definition) is 2. The van der Waals surface area contributed by atoms with Gasteiger partial charge in [-0.2, -0.15) is 0 Å². The molecule has 0 unspecified atom stereocenters. The smallest absolute Gasteiger partial charge is 0.0348 e. The molecule has 94 valence electrons. The largest absolute Gasteiger partial charge is 0.314 e. The van der Waals surface area contributed by atoms with Crippen molar-refractivity contribution in [3.8, 4) is 0 Å². The second-order valence-corrected chi connectivity index (χ2v) is 6.24. The third-order valence-corrected chi connectivity index (χ3v) is 5.04. The van der Waals surface area contributed by atoms with Gasteiger partial charge in [0.1, 0.15) is 0 Å². The summed E-state index contributed by atoms with van der Waals surface area (Å²) in [7, 11) is 0. The molecule has 4 heteroatoms. The van der Waals surface area contributed by atoms with Gasteiger partial charge in [-0.1, -0.05) is 13.0 Å². The summed E-state index contributed by atoms with van der Waals surface area (Å²) in [5.41, 5.74) is 1.38. The van der Waals surface area contributed by atoms with Gasteiger partial charge >= 0.3 is 0 Å². The molecule has 1 aromatic carbocycles. The molecule has 1 heterocycles. The zero-order valence-electron chi connectivity index (χ0n) is 10.0. The van der Waals surface area contributed by atoms with E-state index in [1.165, 1.54) is 18.5 Å². The Balaban J connectivity index is 2.02. The highest BCUT2D eigenvalue weighted by Gasteiger charge is 2.23. The van der Waals surface area contributed by atoms with Gasteiger partial charge in [-0.3, -0.25) is 4.90 Å². The Labute approximate surface area is 120 Å². The molecule has 0 atom stereocenters. The van der Waals surface area contributed by atoms with Gasteiger partial charge in [0.2, 0.25) is 0 Å². The van der Waals surface area contributed by atoms with Gasteiger partial charge in [-0.05, 0) is 62.5 Å². The van der Waals surface area contributed by atoms with Crippen molar-refractivity contribution in [3.05, 3.63) is 32.7 Å². The predicted octanol–water partition coefficient (Wildman–Crippen LogP) is 3.40. The minimum atomic E-state index is 0.720. The predicted molar refractivity (Wildman–Crippen MR) is 79.2 cm³/mol. The van der Waals surface area contributed by atoms with Crippen molar-refractivity contribution in [1.29, 1.82) is 0 Å². The molecule has 2 rings (SSSR count). The third-order valence-electron chi connectivity index (χ3n) is 3.16. The Morgan fingerprint density at radius 1 is 1.29 bits per heavy atom. The summed E-state index contributed by atoms with van der Waals surface area (Å²) >= 11 is 7.07. The highest BCUT2D eigenvalue weighted by molar-refractivity contribution is 9.13. The van der Waals surface area contributed by atoms with E-state index in [0.29, 0.717) is 0 Å². The zero-order chi connectivity index (χ0) is 12.3. The number of hydrogen-bond donors (Lipinski definition) is 1. The number of nitrogens with zero attached hydrogens (tertiary/aromatic N) is 1. The zero-order valence-corrected chi connectivity index (χ0v) is 13.2. The van der Waals surface area contributed by atoms with Crippen molar-refractivity contribution in [3.63, 3.8) is 0 Å². The lowest BCUT2D eigenvalue weighted by Gasteiger charge is -2.38. The third kappa shape index (κ3) is 3.53. The van der Waals surface area contributed by atoms with Crippen LogP contribution in [0.1, 0.15) is 18.9 Å². The van der Waals surface area contributed by atoms with Crippen LogP contribution in [0.2, 0.25) is 0 Å². The molecule has 1 aromatic rings. The highest BCUT2D eigenvalue weighted by atomic mass is 79.9. The molecule has 17 heavy (non-hydrogen) atoms. The van der Waals surface area contributed by atoms with E-state index in [1.54, 1.807) is 0 Å². The maximum atomic E-state index is 3.57. The molecule has 2 nitrogen and oxygen atoms in total. The van der Waals surface area contributed by atoms with E-state index in [4.69, 9.17) is 0 Å². The molecule has 0 radical (unpaired) electrons. The normalized spacial score (nSPS) is 16.2. The molecule has 1 N–H and O–H groups in total. The first-order valence-corrected chi connectivity index (χ1v) is 7.68. The van der Waals surface area contributed by atoms with Gasteiger partial charge in [0.25, 0.3) is 0 Å². The minimum Gasteiger partial charge on any atom is -0.314 e. The van der Waals surface area contributed by atoms with Crippen LogP contribution in [0.3, 0.4) is 0 Å². The Kier molecular flexibility index (Phi) is 5.03. The van der Waals surface area contributed by atoms with Crippen molar-refractivity contribution in [1.82, 2.24) is 10.2 Å². The first kappa shape index (κ1) is 13.5. The lowest BCUT2D eigenvalue weighted by atomic mass is 10.1. The quantitative estimate of drug-likeness (QED) is 0.864. The minimum absolute atomic E-state index is 0.720. The number of halogens is 2. The molecular formula is C13H18Br2N2. The van der Waals surface area contributed by atoms with Gasteiger partial charge in [0, 0.05) is 34.6 Å². The molecule has 0 spiro atoms. The molecule has 1 aliphatic rings. The first-order chi connectivity index (χ1) is 8.20. The maximum absolute atomic E-state index is 3.57. The number of nitrogens with one attached hydrogen (secondary N) is 1. The molecule has 0 aromatic heterocycles. The van der Waals surface area contributed by atoms with Crippen LogP contribution in [-0.2, 0) is 6.54 Å². The molecule has 1 aliphatic heterocycles. The number of rotatable bonds is 5. The van der Waals surface area contributed by atoms with Crippen molar-refractivity contribution in [2.24, 2.45) is 0 Å². The lowest BCUT2D eigenvalue weighted by Crippen LogP contribution is -2.56. The Morgan fingerprint density at radius 3 is 2.59 bits per heavy atom. The Hall–Kier alpha value is 0.1000. The second-order valence-electron chi connectivity index (χ2n) is 4.53. The Bertz CT molecular complexity index is 378. The number of benzene rings is 1. The average Bonchev–Trinajstić information content (AvgIpc) is 2.21. The Morgan fingerprint density at radius 2 is 2.06 bits per heavy atom. The summed E-state index contributed by atoms with van der Waals surface area (Å²) in [6.07, 6.45) is 1.22. The van der Waals surface area contributed by atoms with Crippen LogP contribution in [0, 0.1) is 0 Å². The van der Waals surface area contributed by atoms with Crippen LogP contribution in [0.4, 0.5) is 0 Å². The van der Waals surface area contributed by atoms with Gasteiger partial charge in [-0.15, -0.1) is 0 Å². The van der Waals surface area contributed by atoms with Crippen molar-refractivity contribution >= 4 is 31.9 Å². The van der Waals surface area contributed by atoms with Crippen LogP contribution >= 0.6 is 31.9 Å². The van der Waals surface area contributed by atoms with E-state index in [1.807, 2.05) is 0 Å². The highest BCUT2D eigenvalue weighted by Crippen LogP contribution is 2.25. The van der Waals surface area contributed by atoms with Gasteiger partial charge in [0.05, 0.1) is 0 Å². The molecule has 1 fully saturated rings. The van der Waals surface area contributed by atoms with Crippen LogP contribution in [-0.4, -0.2) is 30.6 Å². The summed E-state index contributed by atoms with van der Waals surface area (Å²) in [4.78, 5) is 2.58. The first-order valence-electron chi connectivity index (χ1n) is 6.09. The second kappa shape index (κ2) is 6.32. The van der Waals surface area contributed by atoms with E-state index in [0.717, 1.165) is 34.6 Å². The van der Waals surface area contributed by atoms with E-state index in [2.05, 4.69) is 67.2 Å². The van der Waals surface area contributed by atoms with E-state index < -0.39 is 0 Å². The maximum Gasteiger partial charge on any atom is 0.0348 e. The molecule has 1 saturated heterocycles. The van der Waals surface area contributed by atoms with Crippen molar-refractivity contribution in [2.75, 3.05) is 19.6 Å². The van der Waals surface area contributed by atoms with Gasteiger partial charge < -0.3 is 5.32 Å². The fraction of sp³-hybridized carbons (Fsp3) is 0.538. The van der Waals surface area contributed by atoms with E-state index in [-0.39, 0.29) is 0 Å². The molecular weight excluding hydrogens is 344 g/mol. The average molecular weight is 362 g/mol. The molecule has 0 amide bonds. The fourth-order valence-corrected chi connectivity index (χ4v) is 2.75. The summed E-state index contributed by atoms with van der Waals surface area (Å²) in [5.74, 6) is 0. The molecule has 0 aliphatic carbocycles. The van der Waals surface area contributed by atoms with Crippen LogP contribution in [0.5, 0.6) is 0 Å². The van der Waals surface area contributed by atoms with Crippen molar-refractivity contribution in [2.45, 2.75) is 25.9 Å². The molecule has 0 bridgehead atoms. The monoisotopic (exact) mass is 360 g/mol. The standard InChI is InChI=1S/C13H18Br2N2/c1-2-5-17(11-7-16-8-11)9-10-3-4-12(14)13(15)6-10/h3-4,6,11,16H,2,5,7-9H2,1H3. The topological polar surface area (TPSA) is 15.3 Å².